The summed E-state index contributed by atoms with van der Waals surface area (Å²) in [6.07, 6.45) is 0. The van der Waals surface area contributed by atoms with Crippen molar-refractivity contribution < 1.29 is 19.1 Å². The van der Waals surface area contributed by atoms with Crippen molar-refractivity contribution in [3.63, 3.8) is 0 Å². The summed E-state index contributed by atoms with van der Waals surface area (Å²) < 4.78 is 5.31. The molecule has 0 saturated heterocycles. The maximum absolute atomic E-state index is 12.5. The molecule has 2 aromatic rings. The Morgan fingerprint density at radius 1 is 0.821 bits per heavy atom. The molecule has 0 bridgehead atoms. The van der Waals surface area contributed by atoms with Crippen molar-refractivity contribution in [2.75, 3.05) is 28.4 Å². The van der Waals surface area contributed by atoms with Gasteiger partial charge in [0, 0.05) is 30.9 Å². The van der Waals surface area contributed by atoms with Crippen LogP contribution in [-0.2, 0) is 14.4 Å². The zero-order valence-corrected chi connectivity index (χ0v) is 16.3. The lowest BCUT2D eigenvalue weighted by Gasteiger charge is -2.18. The average molecular weight is 384 g/mol. The number of amides is 3. The lowest BCUT2D eigenvalue weighted by molar-refractivity contribution is -0.117. The standard InChI is InChI=1S/C20H24N4O4/c1-12(20(27)24-16-7-5-15(6-8-16)22-13(2)25)21-18-11-17(23-14(3)26)9-10-19(18)28-4/h5-12,21H,1-4H3,(H,22,25)(H,23,26)(H,24,27)/t12-/m0/s1. The molecule has 0 aliphatic rings. The van der Waals surface area contributed by atoms with Gasteiger partial charge in [-0.25, -0.2) is 0 Å². The van der Waals surface area contributed by atoms with Crippen LogP contribution in [0.5, 0.6) is 5.75 Å². The first-order chi connectivity index (χ1) is 13.3. The third kappa shape index (κ3) is 6.01. The smallest absolute Gasteiger partial charge is 0.246 e. The van der Waals surface area contributed by atoms with E-state index >= 15 is 0 Å². The van der Waals surface area contributed by atoms with Crippen LogP contribution in [0.1, 0.15) is 20.8 Å². The van der Waals surface area contributed by atoms with Crippen molar-refractivity contribution in [2.24, 2.45) is 0 Å². The second-order valence-corrected chi connectivity index (χ2v) is 6.21. The SMILES string of the molecule is COc1ccc(NC(C)=O)cc1N[C@@H](C)C(=O)Nc1ccc(NC(C)=O)cc1. The summed E-state index contributed by atoms with van der Waals surface area (Å²) in [5.74, 6) is -0.0534. The molecule has 0 heterocycles. The summed E-state index contributed by atoms with van der Waals surface area (Å²) in [6.45, 7) is 4.56. The molecule has 0 fully saturated rings. The topological polar surface area (TPSA) is 109 Å². The maximum atomic E-state index is 12.5. The first kappa shape index (κ1) is 20.8. The molecular weight excluding hydrogens is 360 g/mol. The van der Waals surface area contributed by atoms with Gasteiger partial charge in [0.2, 0.25) is 17.7 Å². The van der Waals surface area contributed by atoms with E-state index in [0.29, 0.717) is 28.5 Å². The largest absolute Gasteiger partial charge is 0.495 e. The minimum atomic E-state index is -0.573. The van der Waals surface area contributed by atoms with E-state index < -0.39 is 6.04 Å². The molecule has 4 N–H and O–H groups in total. The molecule has 0 saturated carbocycles. The van der Waals surface area contributed by atoms with E-state index in [1.54, 1.807) is 49.4 Å². The average Bonchev–Trinajstić information content (AvgIpc) is 2.62. The van der Waals surface area contributed by atoms with E-state index in [2.05, 4.69) is 21.3 Å². The zero-order chi connectivity index (χ0) is 20.7. The van der Waals surface area contributed by atoms with Crippen LogP contribution >= 0.6 is 0 Å². The van der Waals surface area contributed by atoms with Crippen LogP contribution in [-0.4, -0.2) is 30.9 Å². The molecular formula is C20H24N4O4. The summed E-state index contributed by atoms with van der Waals surface area (Å²) in [4.78, 5) is 34.8. The molecule has 2 aromatic carbocycles. The molecule has 0 spiro atoms. The van der Waals surface area contributed by atoms with E-state index in [9.17, 15) is 14.4 Å². The fraction of sp³-hybridized carbons (Fsp3) is 0.250. The molecule has 0 aromatic heterocycles. The highest BCUT2D eigenvalue weighted by Gasteiger charge is 2.15. The molecule has 8 nitrogen and oxygen atoms in total. The van der Waals surface area contributed by atoms with Crippen molar-refractivity contribution in [3.8, 4) is 5.75 Å². The highest BCUT2D eigenvalue weighted by molar-refractivity contribution is 5.97. The number of nitrogens with one attached hydrogen (secondary N) is 4. The quantitative estimate of drug-likeness (QED) is 0.587. The van der Waals surface area contributed by atoms with Gasteiger partial charge in [0.25, 0.3) is 0 Å². The van der Waals surface area contributed by atoms with Gasteiger partial charge in [-0.15, -0.1) is 0 Å². The number of carbonyl (C=O) groups is 3. The fourth-order valence-corrected chi connectivity index (χ4v) is 2.49. The normalized spacial score (nSPS) is 11.1. The predicted molar refractivity (Wildman–Crippen MR) is 110 cm³/mol. The number of hydrogen-bond acceptors (Lipinski definition) is 5. The third-order valence-corrected chi connectivity index (χ3v) is 3.76. The van der Waals surface area contributed by atoms with Crippen LogP contribution in [0.25, 0.3) is 0 Å². The Morgan fingerprint density at radius 3 is 1.86 bits per heavy atom. The number of anilines is 4. The van der Waals surface area contributed by atoms with E-state index in [1.165, 1.54) is 21.0 Å². The van der Waals surface area contributed by atoms with Gasteiger partial charge in [-0.05, 0) is 49.4 Å². The molecule has 0 aliphatic carbocycles. The zero-order valence-electron chi connectivity index (χ0n) is 16.3. The van der Waals surface area contributed by atoms with Gasteiger partial charge in [0.1, 0.15) is 11.8 Å². The van der Waals surface area contributed by atoms with Crippen LogP contribution in [0.2, 0.25) is 0 Å². The van der Waals surface area contributed by atoms with E-state index in [1.807, 2.05) is 0 Å². The van der Waals surface area contributed by atoms with Crippen LogP contribution in [0, 0.1) is 0 Å². The monoisotopic (exact) mass is 384 g/mol. The van der Waals surface area contributed by atoms with Gasteiger partial charge in [-0.2, -0.15) is 0 Å². The summed E-state index contributed by atoms with van der Waals surface area (Å²) in [7, 11) is 1.53. The maximum Gasteiger partial charge on any atom is 0.246 e. The van der Waals surface area contributed by atoms with Crippen LogP contribution < -0.4 is 26.0 Å². The number of hydrogen-bond donors (Lipinski definition) is 4. The minimum Gasteiger partial charge on any atom is -0.495 e. The van der Waals surface area contributed by atoms with Crippen molar-refractivity contribution >= 4 is 40.5 Å². The van der Waals surface area contributed by atoms with Gasteiger partial charge in [-0.1, -0.05) is 0 Å². The molecule has 0 unspecified atom stereocenters. The Hall–Kier alpha value is -3.55. The van der Waals surface area contributed by atoms with Crippen molar-refractivity contribution in [3.05, 3.63) is 42.5 Å². The molecule has 148 valence electrons. The van der Waals surface area contributed by atoms with Gasteiger partial charge >= 0.3 is 0 Å². The van der Waals surface area contributed by atoms with Gasteiger partial charge in [0.05, 0.1) is 12.8 Å². The molecule has 0 radical (unpaired) electrons. The second kappa shape index (κ2) is 9.40. The Bertz CT molecular complexity index is 865. The van der Waals surface area contributed by atoms with E-state index in [4.69, 9.17) is 4.74 Å². The number of rotatable bonds is 7. The van der Waals surface area contributed by atoms with Gasteiger partial charge < -0.3 is 26.0 Å². The first-order valence-corrected chi connectivity index (χ1v) is 8.69. The Labute approximate surface area is 163 Å². The summed E-state index contributed by atoms with van der Waals surface area (Å²) in [5, 5.41) is 11.2. The molecule has 1 atom stereocenters. The summed E-state index contributed by atoms with van der Waals surface area (Å²) in [6, 6.07) is 11.4. The van der Waals surface area contributed by atoms with Crippen molar-refractivity contribution in [2.45, 2.75) is 26.8 Å². The highest BCUT2D eigenvalue weighted by Crippen LogP contribution is 2.28. The first-order valence-electron chi connectivity index (χ1n) is 8.69. The highest BCUT2D eigenvalue weighted by atomic mass is 16.5. The summed E-state index contributed by atoms with van der Waals surface area (Å²) >= 11 is 0. The molecule has 3 amide bonds. The molecule has 2 rings (SSSR count). The molecule has 8 heteroatoms. The number of ether oxygens (including phenoxy) is 1. The Morgan fingerprint density at radius 2 is 1.32 bits per heavy atom. The van der Waals surface area contributed by atoms with Crippen molar-refractivity contribution in [1.29, 1.82) is 0 Å². The fourth-order valence-electron chi connectivity index (χ4n) is 2.49. The Kier molecular flexibility index (Phi) is 6.97. The van der Waals surface area contributed by atoms with Crippen molar-refractivity contribution in [1.82, 2.24) is 0 Å². The van der Waals surface area contributed by atoms with Crippen LogP contribution in [0.3, 0.4) is 0 Å². The van der Waals surface area contributed by atoms with Crippen LogP contribution in [0.4, 0.5) is 22.7 Å². The second-order valence-electron chi connectivity index (χ2n) is 6.21. The van der Waals surface area contributed by atoms with E-state index in [0.717, 1.165) is 0 Å². The molecule has 28 heavy (non-hydrogen) atoms. The van der Waals surface area contributed by atoms with E-state index in [-0.39, 0.29) is 17.7 Å². The summed E-state index contributed by atoms with van der Waals surface area (Å²) in [5.41, 5.74) is 2.43. The number of carbonyl (C=O) groups excluding carboxylic acids is 3. The lowest BCUT2D eigenvalue weighted by Crippen LogP contribution is -2.32. The third-order valence-electron chi connectivity index (χ3n) is 3.76. The van der Waals surface area contributed by atoms with Gasteiger partial charge in [0.15, 0.2) is 0 Å². The number of benzene rings is 2. The predicted octanol–water partition coefficient (Wildman–Crippen LogP) is 3.05. The number of methoxy groups -OCH3 is 1. The molecule has 0 aliphatic heterocycles. The lowest BCUT2D eigenvalue weighted by atomic mass is 10.2. The van der Waals surface area contributed by atoms with Crippen LogP contribution in [0.15, 0.2) is 42.5 Å². The Balaban J connectivity index is 2.05. The van der Waals surface area contributed by atoms with Gasteiger partial charge in [-0.3, -0.25) is 14.4 Å². The minimum absolute atomic E-state index is 0.162.